The van der Waals surface area contributed by atoms with Crippen LogP contribution in [-0.4, -0.2) is 87.2 Å². The number of fused-ring (bicyclic) bond motifs is 5. The molecule has 6 fully saturated rings. The maximum absolute atomic E-state index is 13.7. The number of aliphatic hydroxyl groups excluding tert-OH is 2. The molecule has 9 heteroatoms. The van der Waals surface area contributed by atoms with E-state index in [2.05, 4.69) is 26.1 Å². The van der Waals surface area contributed by atoms with Crippen molar-refractivity contribution in [2.24, 2.45) is 51.6 Å². The molecule has 15 atom stereocenters. The number of quaternary nitrogens is 1. The van der Waals surface area contributed by atoms with E-state index in [1.807, 2.05) is 13.8 Å². The highest BCUT2D eigenvalue weighted by Crippen LogP contribution is 2.71. The zero-order valence-corrected chi connectivity index (χ0v) is 30.3. The van der Waals surface area contributed by atoms with E-state index < -0.39 is 39.8 Å². The van der Waals surface area contributed by atoms with Gasteiger partial charge in [0.2, 0.25) is 0 Å². The second-order valence-corrected chi connectivity index (χ2v) is 18.8. The Labute approximate surface area is 287 Å². The fourth-order valence-electron chi connectivity index (χ4n) is 12.6. The van der Waals surface area contributed by atoms with Gasteiger partial charge in [-0.2, -0.15) is 0 Å². The molecule has 4 aliphatic carbocycles. The second-order valence-electron chi connectivity index (χ2n) is 18.8. The van der Waals surface area contributed by atoms with Gasteiger partial charge in [0.1, 0.15) is 24.0 Å². The summed E-state index contributed by atoms with van der Waals surface area (Å²) in [6, 6.07) is 0. The summed E-state index contributed by atoms with van der Waals surface area (Å²) >= 11 is 0. The van der Waals surface area contributed by atoms with Crippen LogP contribution in [0.25, 0.3) is 0 Å². The van der Waals surface area contributed by atoms with Gasteiger partial charge in [-0.25, -0.2) is 0 Å². The van der Waals surface area contributed by atoms with Gasteiger partial charge in [-0.3, -0.25) is 10.5 Å². The fourth-order valence-corrected chi connectivity index (χ4v) is 12.6. The first-order valence-electron chi connectivity index (χ1n) is 19.4. The number of hydrogen-bond acceptors (Lipinski definition) is 8. The lowest BCUT2D eigenvalue weighted by molar-refractivity contribution is -0.699. The molecule has 7 aliphatic rings. The lowest BCUT2D eigenvalue weighted by Crippen LogP contribution is -2.94. The molecule has 3 saturated heterocycles. The minimum Gasteiger partial charge on any atom is -0.396 e. The van der Waals surface area contributed by atoms with Crippen molar-refractivity contribution in [2.45, 2.75) is 159 Å². The second kappa shape index (κ2) is 12.1. The number of epoxide rings is 1. The Morgan fingerprint density at radius 3 is 2.54 bits per heavy atom. The highest BCUT2D eigenvalue weighted by atomic mass is 16.6. The third-order valence-corrected chi connectivity index (χ3v) is 16.2. The molecule has 9 nitrogen and oxygen atoms in total. The molecule has 3 saturated carbocycles. The van der Waals surface area contributed by atoms with Gasteiger partial charge in [-0.15, -0.1) is 0 Å². The minimum atomic E-state index is -1.28. The number of piperidine rings is 1. The summed E-state index contributed by atoms with van der Waals surface area (Å²) in [5, 5.41) is 48.8. The molecule has 3 aliphatic heterocycles. The normalized spacial score (nSPS) is 51.5. The molecule has 3 heterocycles. The minimum absolute atomic E-state index is 0.0143. The van der Waals surface area contributed by atoms with Crippen molar-refractivity contribution in [3.8, 4) is 0 Å². The van der Waals surface area contributed by atoms with E-state index in [-0.39, 0.29) is 47.8 Å². The smallest absolute Gasteiger partial charge is 0.159 e. The number of ketones is 1. The summed E-state index contributed by atoms with van der Waals surface area (Å²) in [6.45, 7) is 12.1. The molecule has 48 heavy (non-hydrogen) atoms. The third kappa shape index (κ3) is 5.18. The zero-order valence-electron chi connectivity index (χ0n) is 30.3. The molecule has 0 radical (unpaired) electrons. The van der Waals surface area contributed by atoms with Crippen LogP contribution in [0.15, 0.2) is 11.6 Å². The zero-order chi connectivity index (χ0) is 34.5. The topological polar surface area (TPSA) is 162 Å². The number of nitrogens with two attached hydrogens (primary N) is 2. The number of hydrogen-bond donors (Lipinski definition) is 6. The molecular weight excluding hydrogens is 608 g/mol. The lowest BCUT2D eigenvalue weighted by atomic mass is 9.45. The summed E-state index contributed by atoms with van der Waals surface area (Å²) in [5.41, 5.74) is 2.55. The Morgan fingerprint density at radius 1 is 1.06 bits per heavy atom. The molecule has 2 unspecified atom stereocenters. The van der Waals surface area contributed by atoms with Gasteiger partial charge in [0.05, 0.1) is 30.5 Å². The van der Waals surface area contributed by atoms with Gasteiger partial charge in [0.15, 0.2) is 5.78 Å². The Hall–Kier alpha value is -0.910. The first-order chi connectivity index (χ1) is 22.5. The average molecular weight is 674 g/mol. The number of carbonyl (C=O) groups excluding carboxylic acids is 1. The van der Waals surface area contributed by atoms with Crippen LogP contribution in [0.2, 0.25) is 0 Å². The first-order valence-corrected chi connectivity index (χ1v) is 19.4. The van der Waals surface area contributed by atoms with Crippen LogP contribution in [0.5, 0.6) is 0 Å². The van der Waals surface area contributed by atoms with Crippen molar-refractivity contribution in [3.05, 3.63) is 11.6 Å². The highest BCUT2D eigenvalue weighted by Gasteiger charge is 2.75. The van der Waals surface area contributed by atoms with E-state index >= 15 is 0 Å². The van der Waals surface area contributed by atoms with Crippen molar-refractivity contribution in [3.63, 3.8) is 0 Å². The molecule has 0 bridgehead atoms. The quantitative estimate of drug-likeness (QED) is 0.214. The van der Waals surface area contributed by atoms with Gasteiger partial charge in [0.25, 0.3) is 0 Å². The van der Waals surface area contributed by atoms with Crippen molar-refractivity contribution >= 4 is 5.78 Å². The standard InChI is InChI=1S/C39H64N2O7/c1-23-11-17-47-38(21-23,33-32(48-33)37(5,45)34(2,22-42)12-6-24-10-16-41-31(40)18-24)30-9-15-39(46)27-20-29(44)28-19-25(43)7-13-35(28,3)26(27)8-14-36(30,39)4/h20,23-26,28,30-33,41-43,45-46H,6-19,21-22,40H2,1-5H3/p+1/t23-,24?,25+,26-,28-,30-,31?,32+,33-,34+,35-,36-,37+,38-,39+/m1/s1. The molecule has 272 valence electrons. The van der Waals surface area contributed by atoms with Crippen molar-refractivity contribution in [2.75, 3.05) is 19.8 Å². The summed E-state index contributed by atoms with van der Waals surface area (Å²) in [5.74, 6) is 0.881. The number of carbonyl (C=O) groups is 1. The van der Waals surface area contributed by atoms with E-state index in [0.29, 0.717) is 44.1 Å². The number of aliphatic hydroxyl groups is 4. The Kier molecular flexibility index (Phi) is 8.93. The van der Waals surface area contributed by atoms with Crippen molar-refractivity contribution < 1.29 is 40.0 Å². The molecule has 7 rings (SSSR count). The molecular formula is C39H65N2O7+. The van der Waals surface area contributed by atoms with Crippen LogP contribution in [0.3, 0.4) is 0 Å². The number of rotatable bonds is 8. The summed E-state index contributed by atoms with van der Waals surface area (Å²) in [7, 11) is 0. The highest BCUT2D eigenvalue weighted by molar-refractivity contribution is 5.95. The molecule has 8 N–H and O–H groups in total. The van der Waals surface area contributed by atoms with Crippen molar-refractivity contribution in [1.29, 1.82) is 0 Å². The lowest BCUT2D eigenvalue weighted by Gasteiger charge is -2.61. The van der Waals surface area contributed by atoms with Crippen LogP contribution in [0, 0.1) is 45.8 Å². The molecule has 0 aromatic rings. The van der Waals surface area contributed by atoms with Crippen LogP contribution >= 0.6 is 0 Å². The molecule has 0 spiro atoms. The summed E-state index contributed by atoms with van der Waals surface area (Å²) < 4.78 is 13.6. The van der Waals surface area contributed by atoms with Crippen molar-refractivity contribution in [1.82, 2.24) is 0 Å². The molecule has 0 amide bonds. The fraction of sp³-hybridized carbons (Fsp3) is 0.923. The van der Waals surface area contributed by atoms with E-state index in [9.17, 15) is 25.2 Å². The van der Waals surface area contributed by atoms with Crippen LogP contribution in [0.4, 0.5) is 0 Å². The van der Waals surface area contributed by atoms with Gasteiger partial charge >= 0.3 is 0 Å². The predicted molar refractivity (Wildman–Crippen MR) is 181 cm³/mol. The maximum Gasteiger partial charge on any atom is 0.159 e. The SMILES string of the molecule is C[C@@H]1CCO[C@@]([C@@H]2O[C@@H]2[C@](C)(O)[C@](C)(CO)CCC2CC[NH2+]C(N)C2)([C@@H]2CC[C@]3(O)C4=CC(=O)[C@H]5C[C@@H](O)CC[C@]5(C)[C@@H]4CC[C@]23C)C1. The number of ether oxygens (including phenoxy) is 2. The van der Waals surface area contributed by atoms with Gasteiger partial charge in [-0.1, -0.05) is 27.7 Å². The van der Waals surface area contributed by atoms with E-state index in [4.69, 9.17) is 15.2 Å². The molecule has 0 aromatic heterocycles. The average Bonchev–Trinajstić information content (AvgIpc) is 3.81. The summed E-state index contributed by atoms with van der Waals surface area (Å²) in [4.78, 5) is 13.7. The Balaban J connectivity index is 1.17. The van der Waals surface area contributed by atoms with Crippen LogP contribution in [-0.2, 0) is 14.3 Å². The van der Waals surface area contributed by atoms with Gasteiger partial charge in [0, 0.05) is 29.8 Å². The molecule has 0 aromatic carbocycles. The Bertz CT molecular complexity index is 1290. The van der Waals surface area contributed by atoms with Gasteiger partial charge in [-0.05, 0) is 125 Å². The van der Waals surface area contributed by atoms with E-state index in [0.717, 1.165) is 69.9 Å². The predicted octanol–water partition coefficient (Wildman–Crippen LogP) is 2.96. The summed E-state index contributed by atoms with van der Waals surface area (Å²) in [6.07, 6.45) is 11.2. The van der Waals surface area contributed by atoms with E-state index in [1.165, 1.54) is 0 Å². The van der Waals surface area contributed by atoms with Gasteiger partial charge < -0.3 is 35.2 Å². The third-order valence-electron chi connectivity index (χ3n) is 16.2. The maximum atomic E-state index is 13.7. The van der Waals surface area contributed by atoms with Crippen LogP contribution in [0.1, 0.15) is 118 Å². The van der Waals surface area contributed by atoms with E-state index in [1.54, 1.807) is 6.08 Å². The largest absolute Gasteiger partial charge is 0.396 e. The monoisotopic (exact) mass is 673 g/mol. The first kappa shape index (κ1) is 35.5. The Morgan fingerprint density at radius 2 is 1.83 bits per heavy atom. The van der Waals surface area contributed by atoms with Crippen LogP contribution < -0.4 is 11.1 Å². The number of allylic oxidation sites excluding steroid dienone is 1.